The van der Waals surface area contributed by atoms with Crippen LogP contribution in [0.25, 0.3) is 44.2 Å². The number of furan rings is 1. The van der Waals surface area contributed by atoms with E-state index in [2.05, 4.69) is 88.8 Å². The highest BCUT2D eigenvalue weighted by Gasteiger charge is 2.46. The topological polar surface area (TPSA) is 29.9 Å². The second-order valence-corrected chi connectivity index (χ2v) is 13.3. The van der Waals surface area contributed by atoms with Gasteiger partial charge in [0.25, 0.3) is 0 Å². The summed E-state index contributed by atoms with van der Waals surface area (Å²) in [4.78, 5) is 4.93. The predicted octanol–water partition coefficient (Wildman–Crippen LogP) is 8.94. The zero-order valence-corrected chi connectivity index (χ0v) is 23.7. The van der Waals surface area contributed by atoms with Gasteiger partial charge in [0.15, 0.2) is 11.8 Å². The van der Waals surface area contributed by atoms with E-state index in [1.807, 2.05) is 6.07 Å². The van der Waals surface area contributed by atoms with Crippen LogP contribution in [0.15, 0.2) is 53.1 Å². The Balaban J connectivity index is 1.60. The second kappa shape index (κ2) is 8.15. The summed E-state index contributed by atoms with van der Waals surface area (Å²) >= 11 is 0. The predicted molar refractivity (Wildman–Crippen MR) is 157 cm³/mol. The third kappa shape index (κ3) is 3.40. The maximum atomic E-state index is 6.70. The Kier molecular flexibility index (Phi) is 5.12. The van der Waals surface area contributed by atoms with Gasteiger partial charge in [-0.3, -0.25) is 0 Å². The number of aryl methyl sites for hydroxylation is 2. The van der Waals surface area contributed by atoms with Crippen molar-refractivity contribution in [2.24, 2.45) is 7.05 Å². The van der Waals surface area contributed by atoms with Gasteiger partial charge in [-0.2, -0.15) is 0 Å². The van der Waals surface area contributed by atoms with Crippen molar-refractivity contribution in [2.75, 3.05) is 0 Å². The Bertz CT molecular complexity index is 1750. The number of aromatic nitrogens is 2. The first-order valence-corrected chi connectivity index (χ1v) is 14.5. The quantitative estimate of drug-likeness (QED) is 0.225. The van der Waals surface area contributed by atoms with Crippen LogP contribution in [-0.2, 0) is 17.9 Å². The van der Waals surface area contributed by atoms with E-state index in [4.69, 9.17) is 9.40 Å². The largest absolute Gasteiger partial charge is 0.437 e. The maximum Gasteiger partial charge on any atom is 0.227 e. The highest BCUT2D eigenvalue weighted by Crippen LogP contribution is 2.53. The molecule has 38 heavy (non-hydrogen) atoms. The summed E-state index contributed by atoms with van der Waals surface area (Å²) in [5.41, 5.74) is 11.5. The Hall–Kier alpha value is -3.20. The van der Waals surface area contributed by atoms with Crippen LogP contribution in [0.5, 0.6) is 0 Å². The number of nitrogens with zero attached hydrogens (tertiary/aromatic N) is 2. The molecular weight excluding hydrogens is 464 g/mol. The Labute approximate surface area is 225 Å². The van der Waals surface area contributed by atoms with Gasteiger partial charge in [0.05, 0.1) is 11.1 Å². The number of rotatable bonds is 2. The van der Waals surface area contributed by atoms with Gasteiger partial charge in [-0.15, -0.1) is 0 Å². The van der Waals surface area contributed by atoms with E-state index >= 15 is 0 Å². The van der Waals surface area contributed by atoms with Crippen molar-refractivity contribution in [3.8, 4) is 11.3 Å². The second-order valence-electron chi connectivity index (χ2n) is 13.3. The average Bonchev–Trinajstić information content (AvgIpc) is 3.53. The van der Waals surface area contributed by atoms with Crippen molar-refractivity contribution in [2.45, 2.75) is 89.9 Å². The summed E-state index contributed by atoms with van der Waals surface area (Å²) in [6.07, 6.45) is 10.3. The molecule has 0 saturated heterocycles. The number of para-hydroxylation sites is 1. The molecule has 0 bridgehead atoms. The molecule has 2 aromatic carbocycles. The molecule has 3 heterocycles. The fourth-order valence-corrected chi connectivity index (χ4v) is 7.65. The Morgan fingerprint density at radius 1 is 0.895 bits per heavy atom. The van der Waals surface area contributed by atoms with Crippen molar-refractivity contribution in [1.82, 2.24) is 4.98 Å². The molecule has 2 aliphatic rings. The van der Waals surface area contributed by atoms with Crippen LogP contribution in [0.1, 0.15) is 94.4 Å². The summed E-state index contributed by atoms with van der Waals surface area (Å²) in [5, 5.41) is 3.40. The fourth-order valence-electron chi connectivity index (χ4n) is 7.65. The van der Waals surface area contributed by atoms with E-state index in [1.165, 1.54) is 60.9 Å². The van der Waals surface area contributed by atoms with Crippen molar-refractivity contribution >= 4 is 33.0 Å². The Morgan fingerprint density at radius 2 is 1.61 bits per heavy atom. The van der Waals surface area contributed by atoms with Crippen molar-refractivity contribution in [3.05, 3.63) is 70.9 Å². The first-order valence-electron chi connectivity index (χ1n) is 14.5. The van der Waals surface area contributed by atoms with Gasteiger partial charge in [0.1, 0.15) is 7.05 Å². The normalized spacial score (nSPS) is 19.0. The smallest absolute Gasteiger partial charge is 0.227 e. The van der Waals surface area contributed by atoms with E-state index in [0.29, 0.717) is 5.92 Å². The molecule has 5 aromatic rings. The number of pyridine rings is 2. The van der Waals surface area contributed by atoms with Crippen LogP contribution in [0, 0.1) is 6.92 Å². The molecule has 0 radical (unpaired) electrons. The third-order valence-electron chi connectivity index (χ3n) is 9.77. The molecule has 0 atom stereocenters. The molecule has 1 saturated carbocycles. The zero-order valence-electron chi connectivity index (χ0n) is 23.7. The molecule has 0 N–H and O–H groups in total. The van der Waals surface area contributed by atoms with Gasteiger partial charge >= 0.3 is 0 Å². The molecule has 3 heteroatoms. The van der Waals surface area contributed by atoms with Crippen LogP contribution in [-0.4, -0.2) is 4.98 Å². The van der Waals surface area contributed by atoms with Gasteiger partial charge in [0.2, 0.25) is 11.4 Å². The monoisotopic (exact) mass is 503 g/mol. The average molecular weight is 504 g/mol. The van der Waals surface area contributed by atoms with Gasteiger partial charge in [0, 0.05) is 27.3 Å². The molecule has 194 valence electrons. The SMILES string of the molecule is Cc1ccc2c(oc3nc4ccccc4cc32)c1-c1c2c(c(C3CCCC3)c[n+]1C)C(C)(C)CCC2(C)C. The first-order chi connectivity index (χ1) is 18.2. The summed E-state index contributed by atoms with van der Waals surface area (Å²) in [6, 6.07) is 15.1. The van der Waals surface area contributed by atoms with Crippen LogP contribution < -0.4 is 4.57 Å². The molecular formula is C35H39N2O+. The van der Waals surface area contributed by atoms with Crippen molar-refractivity contribution in [3.63, 3.8) is 0 Å². The minimum absolute atomic E-state index is 0.0834. The summed E-state index contributed by atoms with van der Waals surface area (Å²) in [5.74, 6) is 0.678. The van der Waals surface area contributed by atoms with Crippen molar-refractivity contribution < 1.29 is 8.98 Å². The van der Waals surface area contributed by atoms with Gasteiger partial charge in [-0.25, -0.2) is 9.55 Å². The van der Waals surface area contributed by atoms with E-state index < -0.39 is 0 Å². The summed E-state index contributed by atoms with van der Waals surface area (Å²) in [7, 11) is 2.26. The highest BCUT2D eigenvalue weighted by atomic mass is 16.3. The summed E-state index contributed by atoms with van der Waals surface area (Å²) in [6.45, 7) is 12.1. The lowest BCUT2D eigenvalue weighted by Gasteiger charge is -2.43. The molecule has 0 aliphatic heterocycles. The van der Waals surface area contributed by atoms with Crippen LogP contribution in [0.3, 0.4) is 0 Å². The fraction of sp³-hybridized carbons (Fsp3) is 0.429. The molecule has 3 aromatic heterocycles. The zero-order chi connectivity index (χ0) is 26.4. The number of hydrogen-bond donors (Lipinski definition) is 0. The molecule has 0 spiro atoms. The van der Waals surface area contributed by atoms with Gasteiger partial charge in [-0.05, 0) is 72.6 Å². The molecule has 3 nitrogen and oxygen atoms in total. The standard InChI is InChI=1S/C35H39N2O/c1-21-15-16-24-25-19-23-13-9-10-14-27(23)36-33(25)38-32(24)28(21)31-30-29(34(2,3)17-18-35(30,4)5)26(20-37(31)6)22-11-7-8-12-22/h9-10,13-16,19-20,22H,7-8,11-12,17-18H2,1-6H3/q+1. The molecule has 2 aliphatic carbocycles. The van der Waals surface area contributed by atoms with Crippen LogP contribution >= 0.6 is 0 Å². The lowest BCUT2D eigenvalue weighted by atomic mass is 9.60. The lowest BCUT2D eigenvalue weighted by molar-refractivity contribution is -0.661. The van der Waals surface area contributed by atoms with E-state index in [9.17, 15) is 0 Å². The van der Waals surface area contributed by atoms with E-state index in [0.717, 1.165) is 33.0 Å². The number of fused-ring (bicyclic) bond motifs is 5. The van der Waals surface area contributed by atoms with E-state index in [-0.39, 0.29) is 10.8 Å². The van der Waals surface area contributed by atoms with Crippen LogP contribution in [0.4, 0.5) is 0 Å². The third-order valence-corrected chi connectivity index (χ3v) is 9.77. The minimum Gasteiger partial charge on any atom is -0.437 e. The molecule has 7 rings (SSSR count). The van der Waals surface area contributed by atoms with E-state index in [1.54, 1.807) is 11.1 Å². The van der Waals surface area contributed by atoms with Gasteiger partial charge < -0.3 is 4.42 Å². The van der Waals surface area contributed by atoms with Crippen molar-refractivity contribution in [1.29, 1.82) is 0 Å². The molecule has 0 amide bonds. The Morgan fingerprint density at radius 3 is 2.37 bits per heavy atom. The number of benzene rings is 2. The maximum absolute atomic E-state index is 6.70. The van der Waals surface area contributed by atoms with Gasteiger partial charge in [-0.1, -0.05) is 70.9 Å². The number of hydrogen-bond acceptors (Lipinski definition) is 2. The minimum atomic E-state index is 0.0834. The lowest BCUT2D eigenvalue weighted by Crippen LogP contribution is -2.43. The highest BCUT2D eigenvalue weighted by molar-refractivity contribution is 6.11. The first kappa shape index (κ1) is 23.9. The molecule has 1 fully saturated rings. The molecule has 0 unspecified atom stereocenters. The summed E-state index contributed by atoms with van der Waals surface area (Å²) < 4.78 is 9.14. The van der Waals surface area contributed by atoms with Crippen LogP contribution in [0.2, 0.25) is 0 Å².